The number of amides is 1. The smallest absolute Gasteiger partial charge is 0.247 e. The van der Waals surface area contributed by atoms with Gasteiger partial charge >= 0.3 is 0 Å². The molecule has 1 saturated heterocycles. The van der Waals surface area contributed by atoms with E-state index in [0.717, 1.165) is 40.1 Å². The monoisotopic (exact) mass is 467 g/mol. The van der Waals surface area contributed by atoms with E-state index in [2.05, 4.69) is 4.98 Å². The third-order valence-corrected chi connectivity index (χ3v) is 6.84. The van der Waals surface area contributed by atoms with E-state index in [9.17, 15) is 14.9 Å². The number of thiazole rings is 1. The number of likely N-dealkylation sites (tertiary alicyclic amines) is 1. The minimum atomic E-state index is -1.28. The molecule has 1 fully saturated rings. The molecule has 2 aromatic carbocycles. The molecule has 0 spiro atoms. The zero-order valence-electron chi connectivity index (χ0n) is 17.4. The van der Waals surface area contributed by atoms with E-state index in [-0.39, 0.29) is 13.0 Å². The van der Waals surface area contributed by atoms with Crippen LogP contribution in [0.1, 0.15) is 25.7 Å². The molecule has 1 amide bonds. The second-order valence-corrected chi connectivity index (χ2v) is 9.08. The highest BCUT2D eigenvalue weighted by Crippen LogP contribution is 2.34. The van der Waals surface area contributed by atoms with Crippen LogP contribution in [0.2, 0.25) is 5.02 Å². The maximum atomic E-state index is 12.5. The molecule has 6 nitrogen and oxygen atoms in total. The highest BCUT2D eigenvalue weighted by molar-refractivity contribution is 7.21. The Morgan fingerprint density at radius 2 is 1.97 bits per heavy atom. The van der Waals surface area contributed by atoms with Crippen molar-refractivity contribution in [2.24, 2.45) is 5.92 Å². The Morgan fingerprint density at radius 3 is 2.72 bits per heavy atom. The Balaban J connectivity index is 1.40. The van der Waals surface area contributed by atoms with Crippen molar-refractivity contribution >= 4 is 44.8 Å². The van der Waals surface area contributed by atoms with Gasteiger partial charge in [0.1, 0.15) is 10.8 Å². The third-order valence-electron chi connectivity index (χ3n) is 5.44. The van der Waals surface area contributed by atoms with Crippen LogP contribution in [0, 0.1) is 17.2 Å². The fourth-order valence-corrected chi connectivity index (χ4v) is 4.84. The van der Waals surface area contributed by atoms with Crippen molar-refractivity contribution in [2.45, 2.75) is 25.7 Å². The van der Waals surface area contributed by atoms with Crippen LogP contribution in [0.15, 0.2) is 42.5 Å². The number of ketones is 1. The van der Waals surface area contributed by atoms with E-state index in [1.165, 1.54) is 0 Å². The first-order valence-electron chi connectivity index (χ1n) is 10.6. The largest absolute Gasteiger partial charge is 0.492 e. The van der Waals surface area contributed by atoms with Crippen LogP contribution in [-0.4, -0.2) is 41.3 Å². The van der Waals surface area contributed by atoms with Gasteiger partial charge in [0.2, 0.25) is 5.91 Å². The van der Waals surface area contributed by atoms with Gasteiger partial charge in [-0.15, -0.1) is 11.3 Å². The number of benzene rings is 2. The number of hydrogen-bond acceptors (Lipinski definition) is 6. The SMILES string of the molecule is N#CC(C(=O)CCOc1cc(-c2nc3ccccc3s2)ccc1Cl)C(=O)N1CCCCC1. The Hall–Kier alpha value is -2.95. The molecule has 0 aliphatic carbocycles. The van der Waals surface area contributed by atoms with Crippen LogP contribution in [0.3, 0.4) is 0 Å². The maximum Gasteiger partial charge on any atom is 0.247 e. The number of ether oxygens (including phenoxy) is 1. The van der Waals surface area contributed by atoms with Crippen LogP contribution in [0.5, 0.6) is 5.75 Å². The number of para-hydroxylation sites is 1. The zero-order valence-corrected chi connectivity index (χ0v) is 19.0. The molecule has 8 heteroatoms. The van der Waals surface area contributed by atoms with Gasteiger partial charge in [0.05, 0.1) is 27.9 Å². The summed E-state index contributed by atoms with van der Waals surface area (Å²) in [5.74, 6) is -1.66. The number of piperidine rings is 1. The van der Waals surface area contributed by atoms with Crippen molar-refractivity contribution in [1.82, 2.24) is 9.88 Å². The standard InChI is InChI=1S/C24H22ClN3O3S/c25-18-9-8-16(23-27-19-6-2-3-7-22(19)32-23)14-21(18)31-13-10-20(29)17(15-26)24(30)28-11-4-1-5-12-28/h2-3,6-9,14,17H,1,4-5,10-13H2. The van der Waals surface area contributed by atoms with Crippen molar-refractivity contribution < 1.29 is 14.3 Å². The molecule has 2 heterocycles. The van der Waals surface area contributed by atoms with Crippen LogP contribution in [0.4, 0.5) is 0 Å². The summed E-state index contributed by atoms with van der Waals surface area (Å²) in [5, 5.41) is 10.7. The van der Waals surface area contributed by atoms with Crippen LogP contribution >= 0.6 is 22.9 Å². The van der Waals surface area contributed by atoms with Crippen LogP contribution in [-0.2, 0) is 9.59 Å². The van der Waals surface area contributed by atoms with E-state index >= 15 is 0 Å². The molecule has 0 bridgehead atoms. The Labute approximate surface area is 195 Å². The predicted octanol–water partition coefficient (Wildman–Crippen LogP) is 5.11. The van der Waals surface area contributed by atoms with Crippen LogP contribution < -0.4 is 4.74 Å². The van der Waals surface area contributed by atoms with Crippen molar-refractivity contribution in [3.8, 4) is 22.4 Å². The second kappa shape index (κ2) is 10.1. The summed E-state index contributed by atoms with van der Waals surface area (Å²) >= 11 is 7.85. The number of aromatic nitrogens is 1. The normalized spacial score (nSPS) is 14.7. The summed E-state index contributed by atoms with van der Waals surface area (Å²) in [5.41, 5.74) is 1.79. The number of Topliss-reactive ketones (excluding diaryl/α,β-unsaturated/α-hetero) is 1. The summed E-state index contributed by atoms with van der Waals surface area (Å²) in [6.45, 7) is 1.25. The number of rotatable bonds is 7. The summed E-state index contributed by atoms with van der Waals surface area (Å²) < 4.78 is 6.84. The van der Waals surface area contributed by atoms with Gasteiger partial charge in [-0.1, -0.05) is 29.8 Å². The summed E-state index contributed by atoms with van der Waals surface area (Å²) in [6.07, 6.45) is 2.84. The van der Waals surface area contributed by atoms with Gasteiger partial charge in [0.25, 0.3) is 0 Å². The third kappa shape index (κ3) is 4.93. The molecule has 4 rings (SSSR count). The molecule has 1 aliphatic heterocycles. The first-order valence-corrected chi connectivity index (χ1v) is 11.8. The first-order chi connectivity index (χ1) is 15.6. The highest BCUT2D eigenvalue weighted by atomic mass is 35.5. The molecule has 32 heavy (non-hydrogen) atoms. The van der Waals surface area contributed by atoms with E-state index in [1.807, 2.05) is 36.4 Å². The van der Waals surface area contributed by atoms with Gasteiger partial charge in [-0.05, 0) is 43.5 Å². The lowest BCUT2D eigenvalue weighted by Crippen LogP contribution is -2.42. The van der Waals surface area contributed by atoms with E-state index < -0.39 is 17.6 Å². The van der Waals surface area contributed by atoms with E-state index in [1.54, 1.807) is 28.4 Å². The van der Waals surface area contributed by atoms with Crippen molar-refractivity contribution in [3.63, 3.8) is 0 Å². The number of hydrogen-bond donors (Lipinski definition) is 0. The number of halogens is 1. The highest BCUT2D eigenvalue weighted by Gasteiger charge is 2.31. The zero-order chi connectivity index (χ0) is 22.5. The summed E-state index contributed by atoms with van der Waals surface area (Å²) in [7, 11) is 0. The van der Waals surface area contributed by atoms with Gasteiger partial charge in [0.15, 0.2) is 11.7 Å². The van der Waals surface area contributed by atoms with Crippen molar-refractivity contribution in [3.05, 3.63) is 47.5 Å². The Morgan fingerprint density at radius 1 is 1.19 bits per heavy atom. The molecule has 3 aromatic rings. The predicted molar refractivity (Wildman–Crippen MR) is 125 cm³/mol. The number of nitrogens with zero attached hydrogens (tertiary/aromatic N) is 3. The fourth-order valence-electron chi connectivity index (χ4n) is 3.71. The number of fused-ring (bicyclic) bond motifs is 1. The molecule has 0 N–H and O–H groups in total. The minimum absolute atomic E-state index is 0.0350. The number of nitriles is 1. The van der Waals surface area contributed by atoms with E-state index in [0.29, 0.717) is 23.9 Å². The molecule has 1 atom stereocenters. The minimum Gasteiger partial charge on any atom is -0.492 e. The Kier molecular flexibility index (Phi) is 7.03. The molecular weight excluding hydrogens is 446 g/mol. The molecule has 0 radical (unpaired) electrons. The number of carbonyl (C=O) groups excluding carboxylic acids is 2. The first kappa shape index (κ1) is 22.3. The van der Waals surface area contributed by atoms with Crippen molar-refractivity contribution in [1.29, 1.82) is 5.26 Å². The number of carbonyl (C=O) groups is 2. The van der Waals surface area contributed by atoms with Gasteiger partial charge in [-0.3, -0.25) is 9.59 Å². The average Bonchev–Trinajstić information content (AvgIpc) is 3.25. The lowest BCUT2D eigenvalue weighted by Gasteiger charge is -2.28. The van der Waals surface area contributed by atoms with E-state index in [4.69, 9.17) is 16.3 Å². The van der Waals surface area contributed by atoms with Gasteiger partial charge < -0.3 is 9.64 Å². The summed E-state index contributed by atoms with van der Waals surface area (Å²) in [6, 6.07) is 15.2. The quantitative estimate of drug-likeness (QED) is 0.451. The maximum absolute atomic E-state index is 12.5. The fraction of sp³-hybridized carbons (Fsp3) is 0.333. The van der Waals surface area contributed by atoms with Gasteiger partial charge in [0, 0.05) is 25.1 Å². The molecule has 1 aliphatic rings. The topological polar surface area (TPSA) is 83.3 Å². The molecule has 1 unspecified atom stereocenters. The van der Waals surface area contributed by atoms with Crippen molar-refractivity contribution in [2.75, 3.05) is 19.7 Å². The molecular formula is C24H22ClN3O3S. The summed E-state index contributed by atoms with van der Waals surface area (Å²) in [4.78, 5) is 31.3. The lowest BCUT2D eigenvalue weighted by molar-refractivity contribution is -0.139. The molecule has 1 aromatic heterocycles. The lowest BCUT2D eigenvalue weighted by atomic mass is 10.00. The van der Waals surface area contributed by atoms with Crippen LogP contribution in [0.25, 0.3) is 20.8 Å². The average molecular weight is 468 g/mol. The molecule has 164 valence electrons. The van der Waals surface area contributed by atoms with Gasteiger partial charge in [-0.2, -0.15) is 5.26 Å². The van der Waals surface area contributed by atoms with Gasteiger partial charge in [-0.25, -0.2) is 4.98 Å². The second-order valence-electron chi connectivity index (χ2n) is 7.64. The molecule has 0 saturated carbocycles. The Bertz CT molecular complexity index is 1150.